The summed E-state index contributed by atoms with van der Waals surface area (Å²) in [5, 5.41) is 16.5. The molecule has 2 N–H and O–H groups in total. The second kappa shape index (κ2) is 11.4. The van der Waals surface area contributed by atoms with Crippen molar-refractivity contribution in [3.8, 4) is 0 Å². The highest BCUT2D eigenvalue weighted by Crippen LogP contribution is 2.26. The van der Waals surface area contributed by atoms with Crippen molar-refractivity contribution in [2.75, 3.05) is 36.9 Å². The number of carbonyl (C=O) groups excluding carboxylic acids is 2. The van der Waals surface area contributed by atoms with Gasteiger partial charge in [0.2, 0.25) is 10.0 Å². The lowest BCUT2D eigenvalue weighted by atomic mass is 10.1. The lowest BCUT2D eigenvalue weighted by Crippen LogP contribution is -2.30. The molecule has 12 heteroatoms. The highest BCUT2D eigenvalue weighted by molar-refractivity contribution is 7.89. The minimum atomic E-state index is -3.70. The number of amides is 1. The van der Waals surface area contributed by atoms with E-state index in [-0.39, 0.29) is 27.5 Å². The molecule has 0 aromatic heterocycles. The van der Waals surface area contributed by atoms with Crippen LogP contribution in [0, 0.1) is 10.1 Å². The Morgan fingerprint density at radius 3 is 2.39 bits per heavy atom. The molecule has 0 aliphatic rings. The first-order chi connectivity index (χ1) is 15.6. The Kier molecular flexibility index (Phi) is 8.88. The van der Waals surface area contributed by atoms with Gasteiger partial charge in [-0.25, -0.2) is 13.2 Å². The minimum Gasteiger partial charge on any atom is -0.452 e. The third-order valence-electron chi connectivity index (χ3n) is 4.59. The van der Waals surface area contributed by atoms with Crippen molar-refractivity contribution in [3.05, 3.63) is 58.1 Å². The van der Waals surface area contributed by atoms with Gasteiger partial charge in [0.05, 0.1) is 15.4 Å². The van der Waals surface area contributed by atoms with Crippen LogP contribution in [0.1, 0.15) is 31.1 Å². The van der Waals surface area contributed by atoms with Gasteiger partial charge in [-0.2, -0.15) is 4.31 Å². The van der Waals surface area contributed by atoms with Crippen LogP contribution in [0.5, 0.6) is 0 Å². The van der Waals surface area contributed by atoms with Gasteiger partial charge < -0.3 is 15.4 Å². The van der Waals surface area contributed by atoms with Crippen molar-refractivity contribution in [1.82, 2.24) is 4.31 Å². The van der Waals surface area contributed by atoms with E-state index >= 15 is 0 Å². The molecule has 2 rings (SSSR count). The normalized spacial score (nSPS) is 11.2. The number of nitro benzene ring substituents is 1. The quantitative estimate of drug-likeness (QED) is 0.285. The molecule has 0 saturated heterocycles. The van der Waals surface area contributed by atoms with Crippen LogP contribution in [0.15, 0.2) is 47.4 Å². The van der Waals surface area contributed by atoms with E-state index in [1.54, 1.807) is 20.8 Å². The average molecular weight is 479 g/mol. The molecule has 0 spiro atoms. The Bertz CT molecular complexity index is 1130. The summed E-state index contributed by atoms with van der Waals surface area (Å²) in [6.45, 7) is 5.64. The van der Waals surface area contributed by atoms with E-state index in [0.29, 0.717) is 19.6 Å². The van der Waals surface area contributed by atoms with Crippen molar-refractivity contribution < 1.29 is 27.7 Å². The zero-order valence-electron chi connectivity index (χ0n) is 18.5. The highest BCUT2D eigenvalue weighted by atomic mass is 32.2. The number of hydrogen-bond donors (Lipinski definition) is 2. The molecule has 0 heterocycles. The highest BCUT2D eigenvalue weighted by Gasteiger charge is 2.22. The van der Waals surface area contributed by atoms with E-state index in [0.717, 1.165) is 6.07 Å². The Morgan fingerprint density at radius 1 is 1.09 bits per heavy atom. The molecule has 0 fully saturated rings. The maximum Gasteiger partial charge on any atom is 0.338 e. The summed E-state index contributed by atoms with van der Waals surface area (Å²) >= 11 is 0. The van der Waals surface area contributed by atoms with Crippen LogP contribution in [0.3, 0.4) is 0 Å². The lowest BCUT2D eigenvalue weighted by molar-refractivity contribution is -0.384. The first kappa shape index (κ1) is 25.7. The minimum absolute atomic E-state index is 0.0223. The summed E-state index contributed by atoms with van der Waals surface area (Å²) in [5.74, 6) is -1.60. The van der Waals surface area contributed by atoms with Crippen LogP contribution in [-0.4, -0.2) is 55.8 Å². The third-order valence-corrected chi connectivity index (χ3v) is 6.64. The van der Waals surface area contributed by atoms with Crippen LogP contribution in [-0.2, 0) is 19.6 Å². The number of sulfonamides is 1. The van der Waals surface area contributed by atoms with Crippen molar-refractivity contribution >= 4 is 39.0 Å². The summed E-state index contributed by atoms with van der Waals surface area (Å²) in [7, 11) is -3.70. The molecule has 0 saturated carbocycles. The van der Waals surface area contributed by atoms with Crippen molar-refractivity contribution in [2.45, 2.75) is 25.7 Å². The first-order valence-corrected chi connectivity index (χ1v) is 11.7. The number of esters is 1. The number of nitro groups is 1. The molecule has 2 aromatic carbocycles. The summed E-state index contributed by atoms with van der Waals surface area (Å²) in [5.41, 5.74) is 0.108. The topological polar surface area (TPSA) is 148 Å². The first-order valence-electron chi connectivity index (χ1n) is 10.2. The van der Waals surface area contributed by atoms with Gasteiger partial charge >= 0.3 is 5.97 Å². The zero-order valence-corrected chi connectivity index (χ0v) is 19.3. The Balaban J connectivity index is 2.06. The Labute approximate surface area is 191 Å². The van der Waals surface area contributed by atoms with Crippen molar-refractivity contribution in [1.29, 1.82) is 0 Å². The average Bonchev–Trinajstić information content (AvgIpc) is 2.78. The molecule has 2 aromatic rings. The summed E-state index contributed by atoms with van der Waals surface area (Å²) in [6, 6.07) is 9.54. The second-order valence-corrected chi connectivity index (χ2v) is 8.70. The maximum atomic E-state index is 12.6. The van der Waals surface area contributed by atoms with E-state index in [2.05, 4.69) is 10.6 Å². The van der Waals surface area contributed by atoms with Gasteiger partial charge in [0.25, 0.3) is 11.6 Å². The largest absolute Gasteiger partial charge is 0.452 e. The molecule has 11 nitrogen and oxygen atoms in total. The molecule has 1 amide bonds. The summed E-state index contributed by atoms with van der Waals surface area (Å²) in [4.78, 5) is 35.1. The fourth-order valence-corrected chi connectivity index (χ4v) is 4.51. The van der Waals surface area contributed by atoms with Gasteiger partial charge in [-0.15, -0.1) is 0 Å². The number of nitrogens with one attached hydrogen (secondary N) is 2. The third kappa shape index (κ3) is 6.49. The molecule has 0 bridgehead atoms. The molecule has 0 aliphatic carbocycles. The predicted octanol–water partition coefficient (Wildman–Crippen LogP) is 2.85. The molecule has 0 radical (unpaired) electrons. The molecule has 178 valence electrons. The summed E-state index contributed by atoms with van der Waals surface area (Å²) in [6.07, 6.45) is 0. The molecular weight excluding hydrogens is 452 g/mol. The molecule has 0 atom stereocenters. The smallest absolute Gasteiger partial charge is 0.338 e. The maximum absolute atomic E-state index is 12.6. The van der Waals surface area contributed by atoms with Crippen LogP contribution in [0.4, 0.5) is 17.1 Å². The predicted molar refractivity (Wildman–Crippen MR) is 123 cm³/mol. The van der Waals surface area contributed by atoms with Gasteiger partial charge in [-0.1, -0.05) is 19.9 Å². The van der Waals surface area contributed by atoms with E-state index < -0.39 is 33.4 Å². The van der Waals surface area contributed by atoms with Gasteiger partial charge in [0.15, 0.2) is 6.61 Å². The standard InChI is InChI=1S/C21H26N4O7S/c1-4-22-18-11-10-15(12-19(18)25(28)29)21(27)32-14-20(26)23-16-8-7-9-17(13-16)33(30,31)24(5-2)6-3/h7-13,22H,4-6,14H2,1-3H3,(H,23,26). The number of carbonyl (C=O) groups is 2. The number of anilines is 2. The van der Waals surface area contributed by atoms with E-state index in [9.17, 15) is 28.1 Å². The fourth-order valence-electron chi connectivity index (χ4n) is 3.01. The zero-order chi connectivity index (χ0) is 24.6. The fraction of sp³-hybridized carbons (Fsp3) is 0.333. The monoisotopic (exact) mass is 478 g/mol. The van der Waals surface area contributed by atoms with Crippen molar-refractivity contribution in [3.63, 3.8) is 0 Å². The van der Waals surface area contributed by atoms with Gasteiger partial charge in [-0.3, -0.25) is 14.9 Å². The molecule has 33 heavy (non-hydrogen) atoms. The van der Waals surface area contributed by atoms with Crippen molar-refractivity contribution in [2.24, 2.45) is 0 Å². The Morgan fingerprint density at radius 2 is 1.79 bits per heavy atom. The van der Waals surface area contributed by atoms with Crippen LogP contribution in [0.25, 0.3) is 0 Å². The van der Waals surface area contributed by atoms with Gasteiger partial charge in [0, 0.05) is 31.4 Å². The lowest BCUT2D eigenvalue weighted by Gasteiger charge is -2.18. The molecule has 0 unspecified atom stereocenters. The molecular formula is C21H26N4O7S. The molecule has 0 aliphatic heterocycles. The van der Waals surface area contributed by atoms with Crippen LogP contribution in [0.2, 0.25) is 0 Å². The number of hydrogen-bond acceptors (Lipinski definition) is 8. The summed E-state index contributed by atoms with van der Waals surface area (Å²) < 4.78 is 31.5. The van der Waals surface area contributed by atoms with Gasteiger partial charge in [-0.05, 0) is 37.3 Å². The SMILES string of the molecule is CCNc1ccc(C(=O)OCC(=O)Nc2cccc(S(=O)(=O)N(CC)CC)c2)cc1[N+](=O)[O-]. The van der Waals surface area contributed by atoms with E-state index in [4.69, 9.17) is 4.74 Å². The van der Waals surface area contributed by atoms with Crippen LogP contribution >= 0.6 is 0 Å². The van der Waals surface area contributed by atoms with E-state index in [1.807, 2.05) is 0 Å². The van der Waals surface area contributed by atoms with Crippen LogP contribution < -0.4 is 10.6 Å². The van der Waals surface area contributed by atoms with Gasteiger partial charge in [0.1, 0.15) is 5.69 Å². The number of benzene rings is 2. The number of rotatable bonds is 11. The van der Waals surface area contributed by atoms with E-state index in [1.165, 1.54) is 40.7 Å². The number of nitrogens with zero attached hydrogens (tertiary/aromatic N) is 2. The Hall–Kier alpha value is -3.51. The number of ether oxygens (including phenoxy) is 1. The second-order valence-electron chi connectivity index (χ2n) is 6.76.